The molecule has 0 spiro atoms. The van der Waals surface area contributed by atoms with Crippen molar-refractivity contribution in [2.24, 2.45) is 0 Å². The molecule has 2 rings (SSSR count). The molecule has 0 bridgehead atoms. The van der Waals surface area contributed by atoms with Crippen LogP contribution in [0.3, 0.4) is 0 Å². The Morgan fingerprint density at radius 1 is 1.06 bits per heavy atom. The van der Waals surface area contributed by atoms with Gasteiger partial charge in [0.1, 0.15) is 6.61 Å². The maximum atomic E-state index is 11.9. The zero-order chi connectivity index (χ0) is 22.6. The normalized spacial score (nSPS) is 10.9. The zero-order valence-electron chi connectivity index (χ0n) is 18.6. The standard InChI is InChI=1S/C25H31NO5/c1-18(2)31-22-12-9-21(17-23(22)29-4)11-14-25(28)30-16-15-26-24(27)13-10-20-7-5-19(3)6-8-20/h5-9,11-12,14,17-18H,10,13,15-16H2,1-4H3,(H,26,27)/b14-11+. The predicted octanol–water partition coefficient (Wildman–Crippen LogP) is 4.10. The second kappa shape index (κ2) is 12.4. The fourth-order valence-electron chi connectivity index (χ4n) is 2.79. The third-order valence-corrected chi connectivity index (χ3v) is 4.39. The van der Waals surface area contributed by atoms with Crippen LogP contribution in [0.4, 0.5) is 0 Å². The number of carbonyl (C=O) groups excluding carboxylic acids is 2. The van der Waals surface area contributed by atoms with Crippen LogP contribution in [0.5, 0.6) is 11.5 Å². The molecule has 0 saturated heterocycles. The molecule has 2 aromatic rings. The van der Waals surface area contributed by atoms with Crippen LogP contribution < -0.4 is 14.8 Å². The van der Waals surface area contributed by atoms with Crippen molar-refractivity contribution in [2.45, 2.75) is 39.7 Å². The minimum absolute atomic E-state index is 0.0355. The van der Waals surface area contributed by atoms with Gasteiger partial charge in [-0.1, -0.05) is 35.9 Å². The summed E-state index contributed by atoms with van der Waals surface area (Å²) in [4.78, 5) is 23.8. The summed E-state index contributed by atoms with van der Waals surface area (Å²) in [5, 5.41) is 2.76. The Bertz CT molecular complexity index is 887. The average Bonchev–Trinajstić information content (AvgIpc) is 2.75. The van der Waals surface area contributed by atoms with Gasteiger partial charge in [-0.3, -0.25) is 4.79 Å². The summed E-state index contributed by atoms with van der Waals surface area (Å²) in [6, 6.07) is 13.5. The summed E-state index contributed by atoms with van der Waals surface area (Å²) in [6.07, 6.45) is 4.10. The van der Waals surface area contributed by atoms with Crippen LogP contribution in [0.15, 0.2) is 48.5 Å². The van der Waals surface area contributed by atoms with E-state index in [1.165, 1.54) is 11.6 Å². The van der Waals surface area contributed by atoms with Crippen LogP contribution in [-0.4, -0.2) is 38.2 Å². The van der Waals surface area contributed by atoms with E-state index in [1.807, 2.05) is 51.1 Å². The molecular weight excluding hydrogens is 394 g/mol. The number of esters is 1. The van der Waals surface area contributed by atoms with Crippen LogP contribution in [0.1, 0.15) is 37.0 Å². The molecule has 0 atom stereocenters. The van der Waals surface area contributed by atoms with Crippen molar-refractivity contribution < 1.29 is 23.8 Å². The molecule has 0 aromatic heterocycles. The first-order valence-corrected chi connectivity index (χ1v) is 10.4. The van der Waals surface area contributed by atoms with Gasteiger partial charge in [0.15, 0.2) is 11.5 Å². The topological polar surface area (TPSA) is 73.9 Å². The van der Waals surface area contributed by atoms with Gasteiger partial charge in [-0.15, -0.1) is 0 Å². The smallest absolute Gasteiger partial charge is 0.330 e. The molecule has 0 heterocycles. The summed E-state index contributed by atoms with van der Waals surface area (Å²) in [7, 11) is 1.57. The molecule has 2 aromatic carbocycles. The minimum Gasteiger partial charge on any atom is -0.493 e. The Kier molecular flexibility index (Phi) is 9.62. The highest BCUT2D eigenvalue weighted by molar-refractivity contribution is 5.87. The molecule has 0 aliphatic carbocycles. The van der Waals surface area contributed by atoms with Crippen LogP contribution in [0.2, 0.25) is 0 Å². The fourth-order valence-corrected chi connectivity index (χ4v) is 2.79. The molecule has 1 N–H and O–H groups in total. The van der Waals surface area contributed by atoms with Crippen LogP contribution in [0, 0.1) is 6.92 Å². The average molecular weight is 426 g/mol. The Balaban J connectivity index is 1.69. The molecule has 0 unspecified atom stereocenters. The van der Waals surface area contributed by atoms with Crippen molar-refractivity contribution >= 4 is 18.0 Å². The summed E-state index contributed by atoms with van der Waals surface area (Å²) in [6.45, 7) is 6.30. The van der Waals surface area contributed by atoms with Crippen LogP contribution in [0.25, 0.3) is 6.08 Å². The number of hydrogen-bond acceptors (Lipinski definition) is 5. The lowest BCUT2D eigenvalue weighted by molar-refractivity contribution is -0.138. The van der Waals surface area contributed by atoms with Crippen molar-refractivity contribution in [2.75, 3.05) is 20.3 Å². The number of hydrogen-bond donors (Lipinski definition) is 1. The van der Waals surface area contributed by atoms with E-state index in [9.17, 15) is 9.59 Å². The largest absolute Gasteiger partial charge is 0.493 e. The first-order valence-electron chi connectivity index (χ1n) is 10.4. The molecule has 166 valence electrons. The Hall–Kier alpha value is -3.28. The second-order valence-electron chi connectivity index (χ2n) is 7.41. The number of benzene rings is 2. The van der Waals surface area contributed by atoms with Gasteiger partial charge in [0.05, 0.1) is 19.8 Å². The van der Waals surface area contributed by atoms with E-state index in [4.69, 9.17) is 14.2 Å². The van der Waals surface area contributed by atoms with E-state index in [0.29, 0.717) is 24.3 Å². The van der Waals surface area contributed by atoms with Gasteiger partial charge >= 0.3 is 5.97 Å². The number of aryl methyl sites for hydroxylation is 2. The Morgan fingerprint density at radius 2 is 1.81 bits per heavy atom. The van der Waals surface area contributed by atoms with E-state index in [1.54, 1.807) is 25.3 Å². The Morgan fingerprint density at radius 3 is 2.48 bits per heavy atom. The fraction of sp³-hybridized carbons (Fsp3) is 0.360. The molecule has 0 radical (unpaired) electrons. The lowest BCUT2D eigenvalue weighted by Crippen LogP contribution is -2.28. The van der Waals surface area contributed by atoms with Gasteiger partial charge in [-0.05, 0) is 56.5 Å². The number of methoxy groups -OCH3 is 1. The monoisotopic (exact) mass is 425 g/mol. The summed E-state index contributed by atoms with van der Waals surface area (Å²) in [5.41, 5.74) is 3.10. The molecule has 1 amide bonds. The predicted molar refractivity (Wildman–Crippen MR) is 121 cm³/mol. The molecular formula is C25H31NO5. The van der Waals surface area contributed by atoms with Gasteiger partial charge in [-0.25, -0.2) is 4.79 Å². The van der Waals surface area contributed by atoms with E-state index < -0.39 is 5.97 Å². The molecule has 0 aliphatic rings. The van der Waals surface area contributed by atoms with E-state index >= 15 is 0 Å². The lowest BCUT2D eigenvalue weighted by atomic mass is 10.1. The Labute approximate surface area is 184 Å². The molecule has 0 fully saturated rings. The lowest BCUT2D eigenvalue weighted by Gasteiger charge is -2.13. The maximum Gasteiger partial charge on any atom is 0.330 e. The van der Waals surface area contributed by atoms with E-state index in [2.05, 4.69) is 5.32 Å². The maximum absolute atomic E-state index is 11.9. The third-order valence-electron chi connectivity index (χ3n) is 4.39. The van der Waals surface area contributed by atoms with Gasteiger partial charge in [0, 0.05) is 12.5 Å². The van der Waals surface area contributed by atoms with Crippen molar-refractivity contribution in [3.05, 3.63) is 65.2 Å². The molecule has 6 heteroatoms. The highest BCUT2D eigenvalue weighted by Gasteiger charge is 2.07. The zero-order valence-corrected chi connectivity index (χ0v) is 18.6. The molecule has 31 heavy (non-hydrogen) atoms. The summed E-state index contributed by atoms with van der Waals surface area (Å²) < 4.78 is 16.1. The number of rotatable bonds is 11. The highest BCUT2D eigenvalue weighted by Crippen LogP contribution is 2.29. The SMILES string of the molecule is COc1cc(/C=C/C(=O)OCCNC(=O)CCc2ccc(C)cc2)ccc1OC(C)C. The second-order valence-corrected chi connectivity index (χ2v) is 7.41. The molecule has 6 nitrogen and oxygen atoms in total. The van der Waals surface area contributed by atoms with Gasteiger partial charge in [0.2, 0.25) is 5.91 Å². The van der Waals surface area contributed by atoms with Crippen molar-refractivity contribution in [1.82, 2.24) is 5.32 Å². The first-order chi connectivity index (χ1) is 14.9. The van der Waals surface area contributed by atoms with Gasteiger partial charge in [0.25, 0.3) is 0 Å². The van der Waals surface area contributed by atoms with Crippen LogP contribution in [-0.2, 0) is 20.7 Å². The van der Waals surface area contributed by atoms with Crippen molar-refractivity contribution in [1.29, 1.82) is 0 Å². The number of amides is 1. The van der Waals surface area contributed by atoms with Gasteiger partial charge in [-0.2, -0.15) is 0 Å². The highest BCUT2D eigenvalue weighted by atomic mass is 16.5. The van der Waals surface area contributed by atoms with Crippen LogP contribution >= 0.6 is 0 Å². The third kappa shape index (κ3) is 8.95. The number of carbonyl (C=O) groups is 2. The van der Waals surface area contributed by atoms with Gasteiger partial charge < -0.3 is 19.5 Å². The number of ether oxygens (including phenoxy) is 3. The number of nitrogens with one attached hydrogen (secondary N) is 1. The first kappa shape index (κ1) is 24.0. The minimum atomic E-state index is -0.477. The molecule has 0 saturated carbocycles. The van der Waals surface area contributed by atoms with E-state index in [0.717, 1.165) is 11.1 Å². The molecule has 0 aliphatic heterocycles. The summed E-state index contributed by atoms with van der Waals surface area (Å²) >= 11 is 0. The quantitative estimate of drug-likeness (QED) is 0.333. The van der Waals surface area contributed by atoms with Crippen molar-refractivity contribution in [3.63, 3.8) is 0 Å². The van der Waals surface area contributed by atoms with E-state index in [-0.39, 0.29) is 25.2 Å². The summed E-state index contributed by atoms with van der Waals surface area (Å²) in [5.74, 6) is 0.700. The van der Waals surface area contributed by atoms with Crippen molar-refractivity contribution in [3.8, 4) is 11.5 Å².